The van der Waals surface area contributed by atoms with E-state index >= 15 is 0 Å². The average Bonchev–Trinajstić information content (AvgIpc) is 2.73. The van der Waals surface area contributed by atoms with Gasteiger partial charge in [-0.2, -0.15) is 0 Å². The topological polar surface area (TPSA) is 104 Å². The fourth-order valence-corrected chi connectivity index (χ4v) is 1.20. The minimum atomic E-state index is -1.01. The SMILES string of the molecule is CC(NCC(=O)Nc1cc(C(C)(C)C)no1)C(=O)O. The third-order valence-corrected chi connectivity index (χ3v) is 2.48. The highest BCUT2D eigenvalue weighted by atomic mass is 16.5. The highest BCUT2D eigenvalue weighted by molar-refractivity contribution is 5.91. The number of aliphatic carboxylic acids is 1. The monoisotopic (exact) mass is 269 g/mol. The molecular weight excluding hydrogens is 250 g/mol. The van der Waals surface area contributed by atoms with Crippen LogP contribution in [0.4, 0.5) is 5.88 Å². The molecule has 19 heavy (non-hydrogen) atoms. The van der Waals surface area contributed by atoms with Gasteiger partial charge >= 0.3 is 5.97 Å². The van der Waals surface area contributed by atoms with E-state index in [4.69, 9.17) is 9.63 Å². The summed E-state index contributed by atoms with van der Waals surface area (Å²) in [6.45, 7) is 7.28. The minimum Gasteiger partial charge on any atom is -0.480 e. The smallest absolute Gasteiger partial charge is 0.320 e. The van der Waals surface area contributed by atoms with Crippen LogP contribution in [0.3, 0.4) is 0 Å². The van der Waals surface area contributed by atoms with Crippen LogP contribution >= 0.6 is 0 Å². The van der Waals surface area contributed by atoms with E-state index in [9.17, 15) is 9.59 Å². The van der Waals surface area contributed by atoms with E-state index in [0.29, 0.717) is 0 Å². The number of hydrogen-bond acceptors (Lipinski definition) is 5. The van der Waals surface area contributed by atoms with E-state index in [1.54, 1.807) is 6.07 Å². The maximum atomic E-state index is 11.5. The molecule has 1 rings (SSSR count). The molecule has 0 fully saturated rings. The Morgan fingerprint density at radius 2 is 2.11 bits per heavy atom. The summed E-state index contributed by atoms with van der Waals surface area (Å²) < 4.78 is 4.99. The molecule has 1 atom stereocenters. The molecule has 0 aromatic carbocycles. The number of amides is 1. The predicted octanol–water partition coefficient (Wildman–Crippen LogP) is 0.973. The molecule has 0 saturated carbocycles. The minimum absolute atomic E-state index is 0.112. The largest absolute Gasteiger partial charge is 0.480 e. The lowest BCUT2D eigenvalue weighted by Gasteiger charge is -2.12. The van der Waals surface area contributed by atoms with Gasteiger partial charge in [0.05, 0.1) is 12.2 Å². The van der Waals surface area contributed by atoms with Crippen LogP contribution in [0.1, 0.15) is 33.4 Å². The summed E-state index contributed by atoms with van der Waals surface area (Å²) in [6, 6.07) is 0.865. The van der Waals surface area contributed by atoms with Crippen LogP contribution in [0.2, 0.25) is 0 Å². The number of anilines is 1. The molecule has 1 heterocycles. The lowest BCUT2D eigenvalue weighted by molar-refractivity contribution is -0.139. The number of carboxylic acids is 1. The predicted molar refractivity (Wildman–Crippen MR) is 68.9 cm³/mol. The van der Waals surface area contributed by atoms with Crippen molar-refractivity contribution in [3.05, 3.63) is 11.8 Å². The molecule has 7 nitrogen and oxygen atoms in total. The van der Waals surface area contributed by atoms with E-state index in [0.717, 1.165) is 5.69 Å². The lowest BCUT2D eigenvalue weighted by Crippen LogP contribution is -2.39. The molecule has 1 aromatic heterocycles. The van der Waals surface area contributed by atoms with Crippen molar-refractivity contribution >= 4 is 17.8 Å². The Labute approximate surface area is 111 Å². The molecule has 0 aliphatic heterocycles. The van der Waals surface area contributed by atoms with Gasteiger partial charge in [-0.05, 0) is 6.92 Å². The third kappa shape index (κ3) is 4.70. The first kappa shape index (κ1) is 15.2. The number of rotatable bonds is 5. The van der Waals surface area contributed by atoms with Crippen LogP contribution in [0, 0.1) is 0 Å². The Morgan fingerprint density at radius 3 is 2.58 bits per heavy atom. The van der Waals surface area contributed by atoms with E-state index in [1.807, 2.05) is 20.8 Å². The van der Waals surface area contributed by atoms with Crippen molar-refractivity contribution in [1.29, 1.82) is 0 Å². The zero-order valence-corrected chi connectivity index (χ0v) is 11.5. The zero-order valence-electron chi connectivity index (χ0n) is 11.5. The van der Waals surface area contributed by atoms with Crippen LogP contribution in [0.15, 0.2) is 10.6 Å². The van der Waals surface area contributed by atoms with Gasteiger partial charge in [0.15, 0.2) is 0 Å². The summed E-state index contributed by atoms with van der Waals surface area (Å²) in [5.74, 6) is -1.15. The number of nitrogens with one attached hydrogen (secondary N) is 2. The van der Waals surface area contributed by atoms with Gasteiger partial charge in [0.25, 0.3) is 0 Å². The van der Waals surface area contributed by atoms with Crippen LogP contribution in [-0.2, 0) is 15.0 Å². The second-order valence-corrected chi connectivity index (χ2v) is 5.32. The molecule has 1 aromatic rings. The first-order chi connectivity index (χ1) is 8.70. The molecule has 0 bridgehead atoms. The fraction of sp³-hybridized carbons (Fsp3) is 0.583. The van der Waals surface area contributed by atoms with Crippen molar-refractivity contribution in [1.82, 2.24) is 10.5 Å². The van der Waals surface area contributed by atoms with Crippen LogP contribution in [0.5, 0.6) is 0 Å². The van der Waals surface area contributed by atoms with Gasteiger partial charge in [-0.1, -0.05) is 25.9 Å². The summed E-state index contributed by atoms with van der Waals surface area (Å²) >= 11 is 0. The van der Waals surface area contributed by atoms with Gasteiger partial charge in [0.1, 0.15) is 6.04 Å². The summed E-state index contributed by atoms with van der Waals surface area (Å²) in [4.78, 5) is 22.1. The maximum absolute atomic E-state index is 11.5. The molecule has 1 amide bonds. The van der Waals surface area contributed by atoms with Gasteiger partial charge in [0, 0.05) is 11.5 Å². The summed E-state index contributed by atoms with van der Waals surface area (Å²) in [6.07, 6.45) is 0. The molecule has 1 unspecified atom stereocenters. The van der Waals surface area contributed by atoms with Crippen molar-refractivity contribution in [2.45, 2.75) is 39.2 Å². The number of aromatic nitrogens is 1. The van der Waals surface area contributed by atoms with Gasteiger partial charge in [-0.25, -0.2) is 0 Å². The van der Waals surface area contributed by atoms with Crippen LogP contribution < -0.4 is 10.6 Å². The second kappa shape index (κ2) is 5.83. The highest BCUT2D eigenvalue weighted by Gasteiger charge is 2.20. The quantitative estimate of drug-likeness (QED) is 0.735. The van der Waals surface area contributed by atoms with Crippen LogP contribution in [0.25, 0.3) is 0 Å². The van der Waals surface area contributed by atoms with E-state index in [-0.39, 0.29) is 23.8 Å². The highest BCUT2D eigenvalue weighted by Crippen LogP contribution is 2.23. The Bertz CT molecular complexity index is 462. The fourth-order valence-electron chi connectivity index (χ4n) is 1.20. The van der Waals surface area contributed by atoms with Gasteiger partial charge in [-0.15, -0.1) is 0 Å². The van der Waals surface area contributed by atoms with Crippen LogP contribution in [-0.4, -0.2) is 34.7 Å². The molecule has 0 saturated heterocycles. The lowest BCUT2D eigenvalue weighted by atomic mass is 9.92. The first-order valence-electron chi connectivity index (χ1n) is 5.93. The molecule has 0 aliphatic rings. The Morgan fingerprint density at radius 1 is 1.47 bits per heavy atom. The summed E-state index contributed by atoms with van der Waals surface area (Å²) in [7, 11) is 0. The number of carboxylic acid groups (broad SMARTS) is 1. The molecule has 0 spiro atoms. The van der Waals surface area contributed by atoms with Gasteiger partial charge in [-0.3, -0.25) is 20.2 Å². The number of hydrogen-bond donors (Lipinski definition) is 3. The first-order valence-corrected chi connectivity index (χ1v) is 5.93. The van der Waals surface area contributed by atoms with E-state index in [2.05, 4.69) is 15.8 Å². The normalized spacial score (nSPS) is 13.1. The van der Waals surface area contributed by atoms with Gasteiger partial charge < -0.3 is 9.63 Å². The molecule has 106 valence electrons. The van der Waals surface area contributed by atoms with Gasteiger partial charge in [0.2, 0.25) is 11.8 Å². The summed E-state index contributed by atoms with van der Waals surface area (Å²) in [5, 5.41) is 17.6. The molecule has 0 radical (unpaired) electrons. The van der Waals surface area contributed by atoms with Crippen molar-refractivity contribution in [3.63, 3.8) is 0 Å². The van der Waals surface area contributed by atoms with Crippen molar-refractivity contribution < 1.29 is 19.2 Å². The van der Waals surface area contributed by atoms with E-state index < -0.39 is 12.0 Å². The van der Waals surface area contributed by atoms with Crippen molar-refractivity contribution in [2.24, 2.45) is 0 Å². The molecular formula is C12H19N3O4. The summed E-state index contributed by atoms with van der Waals surface area (Å²) in [5.41, 5.74) is 0.567. The van der Waals surface area contributed by atoms with Crippen molar-refractivity contribution in [2.75, 3.05) is 11.9 Å². The Kier molecular flexibility index (Phi) is 4.66. The molecule has 7 heteroatoms. The number of nitrogens with zero attached hydrogens (tertiary/aromatic N) is 1. The average molecular weight is 269 g/mol. The third-order valence-electron chi connectivity index (χ3n) is 2.48. The zero-order chi connectivity index (χ0) is 14.6. The molecule has 0 aliphatic carbocycles. The van der Waals surface area contributed by atoms with Crippen molar-refractivity contribution in [3.8, 4) is 0 Å². The van der Waals surface area contributed by atoms with E-state index in [1.165, 1.54) is 6.92 Å². The Balaban J connectivity index is 2.49. The number of carbonyl (C=O) groups is 2. The second-order valence-electron chi connectivity index (χ2n) is 5.32. The number of carbonyl (C=O) groups excluding carboxylic acids is 1. The Hall–Kier alpha value is -1.89. The molecule has 3 N–H and O–H groups in total. The maximum Gasteiger partial charge on any atom is 0.320 e. The standard InChI is InChI=1S/C12H19N3O4/c1-7(11(17)18)13-6-9(16)14-10-5-8(15-19-10)12(2,3)4/h5,7,13H,6H2,1-4H3,(H,14,16)(H,17,18).